The van der Waals surface area contributed by atoms with Gasteiger partial charge < -0.3 is 9.30 Å². The molecule has 1 aliphatic carbocycles. The Morgan fingerprint density at radius 3 is 2.70 bits per heavy atom. The molecule has 146 valence electrons. The van der Waals surface area contributed by atoms with Crippen molar-refractivity contribution in [1.82, 2.24) is 19.2 Å². The first-order chi connectivity index (χ1) is 12.9. The Kier molecular flexibility index (Phi) is 5.18. The molecule has 2 aliphatic rings. The summed E-state index contributed by atoms with van der Waals surface area (Å²) >= 11 is 12.1. The maximum Gasteiger partial charge on any atom is 0.199 e. The molecule has 0 amide bonds. The molecule has 4 rings (SSSR count). The van der Waals surface area contributed by atoms with Gasteiger partial charge in [0.25, 0.3) is 0 Å². The summed E-state index contributed by atoms with van der Waals surface area (Å²) < 4.78 is 11.2. The summed E-state index contributed by atoms with van der Waals surface area (Å²) in [6.45, 7) is 9.49. The van der Waals surface area contributed by atoms with E-state index in [9.17, 15) is 0 Å². The van der Waals surface area contributed by atoms with Crippen molar-refractivity contribution in [3.8, 4) is 0 Å². The number of benzene rings is 1. The van der Waals surface area contributed by atoms with E-state index in [-0.39, 0.29) is 11.6 Å². The highest BCUT2D eigenvalue weighted by Gasteiger charge is 2.37. The van der Waals surface area contributed by atoms with Gasteiger partial charge in [0.05, 0.1) is 19.4 Å². The molecule has 2 heterocycles. The van der Waals surface area contributed by atoms with Crippen molar-refractivity contribution in [2.45, 2.75) is 64.4 Å². The molecule has 0 spiro atoms. The van der Waals surface area contributed by atoms with E-state index in [0.29, 0.717) is 19.2 Å². The summed E-state index contributed by atoms with van der Waals surface area (Å²) in [5.41, 5.74) is 0.948. The third kappa shape index (κ3) is 3.73. The van der Waals surface area contributed by atoms with Crippen molar-refractivity contribution in [3.63, 3.8) is 0 Å². The zero-order chi connectivity index (χ0) is 19.2. The maximum atomic E-state index is 6.41. The highest BCUT2D eigenvalue weighted by molar-refractivity contribution is 7.71. The molecule has 1 atom stereocenters. The molecule has 0 bridgehead atoms. The quantitative estimate of drug-likeness (QED) is 0.669. The maximum absolute atomic E-state index is 6.41. The minimum absolute atomic E-state index is 0.0444. The largest absolute Gasteiger partial charge is 0.370 e. The second-order valence-corrected chi connectivity index (χ2v) is 8.93. The zero-order valence-corrected chi connectivity index (χ0v) is 17.8. The second-order valence-electron chi connectivity index (χ2n) is 8.16. The van der Waals surface area contributed by atoms with Gasteiger partial charge in [-0.25, -0.2) is 4.68 Å². The van der Waals surface area contributed by atoms with Crippen molar-refractivity contribution < 1.29 is 4.74 Å². The molecule has 1 unspecified atom stereocenters. The van der Waals surface area contributed by atoms with Gasteiger partial charge in [-0.2, -0.15) is 5.10 Å². The number of hydrogen-bond acceptors (Lipinski definition) is 4. The molecule has 1 aromatic heterocycles. The van der Waals surface area contributed by atoms with Gasteiger partial charge in [0.1, 0.15) is 5.82 Å². The molecular weight excluding hydrogens is 380 g/mol. The van der Waals surface area contributed by atoms with E-state index in [1.165, 1.54) is 12.8 Å². The van der Waals surface area contributed by atoms with Crippen LogP contribution in [0.5, 0.6) is 0 Å². The van der Waals surface area contributed by atoms with E-state index in [1.54, 1.807) is 0 Å². The van der Waals surface area contributed by atoms with Crippen LogP contribution in [0.25, 0.3) is 0 Å². The van der Waals surface area contributed by atoms with Crippen LogP contribution in [0.3, 0.4) is 0 Å². The predicted octanol–water partition coefficient (Wildman–Crippen LogP) is 4.77. The van der Waals surface area contributed by atoms with E-state index >= 15 is 0 Å². The molecule has 5 nitrogen and oxygen atoms in total. The SMILES string of the molecule is CCn1c(C2CC2)nn(CN2CC(c3ccccc3Cl)OCC2(C)C)c1=S. The highest BCUT2D eigenvalue weighted by Crippen LogP contribution is 2.39. The van der Waals surface area contributed by atoms with Gasteiger partial charge in [0.15, 0.2) is 4.77 Å². The lowest BCUT2D eigenvalue weighted by Crippen LogP contribution is -2.54. The zero-order valence-electron chi connectivity index (χ0n) is 16.2. The number of rotatable bonds is 5. The lowest BCUT2D eigenvalue weighted by atomic mass is 9.99. The van der Waals surface area contributed by atoms with Gasteiger partial charge in [0, 0.05) is 35.1 Å². The number of halogens is 1. The van der Waals surface area contributed by atoms with E-state index in [4.69, 9.17) is 33.7 Å². The Hall–Kier alpha value is -1.21. The van der Waals surface area contributed by atoms with Crippen molar-refractivity contribution in [3.05, 3.63) is 45.4 Å². The molecule has 1 aliphatic heterocycles. The molecule has 27 heavy (non-hydrogen) atoms. The number of aromatic nitrogens is 3. The first kappa shape index (κ1) is 19.1. The van der Waals surface area contributed by atoms with Crippen LogP contribution in [-0.2, 0) is 18.0 Å². The van der Waals surface area contributed by atoms with Gasteiger partial charge in [-0.15, -0.1) is 0 Å². The van der Waals surface area contributed by atoms with E-state index in [2.05, 4.69) is 30.2 Å². The molecule has 7 heteroatoms. The highest BCUT2D eigenvalue weighted by atomic mass is 35.5. The third-order valence-electron chi connectivity index (χ3n) is 5.65. The minimum atomic E-state index is -0.0950. The Bertz CT molecular complexity index is 886. The number of ether oxygens (including phenoxy) is 1. The summed E-state index contributed by atoms with van der Waals surface area (Å²) in [5.74, 6) is 1.73. The van der Waals surface area contributed by atoms with Gasteiger partial charge in [-0.1, -0.05) is 29.8 Å². The normalized spacial score (nSPS) is 22.9. The standard InChI is InChI=1S/C20H27ClN4OS/c1-4-24-18(14-9-10-14)22-25(19(24)27)13-23-11-17(26-12-20(23,2)3)15-7-5-6-8-16(15)21/h5-8,14,17H,4,9-13H2,1-3H3. The Labute approximate surface area is 170 Å². The Morgan fingerprint density at radius 1 is 1.30 bits per heavy atom. The van der Waals surface area contributed by atoms with Crippen LogP contribution >= 0.6 is 23.8 Å². The van der Waals surface area contributed by atoms with Gasteiger partial charge in [-0.3, -0.25) is 4.90 Å². The third-order valence-corrected chi connectivity index (χ3v) is 6.42. The van der Waals surface area contributed by atoms with Crippen LogP contribution in [0, 0.1) is 4.77 Å². The van der Waals surface area contributed by atoms with Crippen molar-refractivity contribution in [2.75, 3.05) is 13.2 Å². The molecule has 1 saturated heterocycles. The number of hydrogen-bond donors (Lipinski definition) is 0. The van der Waals surface area contributed by atoms with Crippen LogP contribution in [-0.4, -0.2) is 37.9 Å². The summed E-state index contributed by atoms with van der Waals surface area (Å²) in [4.78, 5) is 2.41. The van der Waals surface area contributed by atoms with Crippen LogP contribution < -0.4 is 0 Å². The monoisotopic (exact) mass is 406 g/mol. The van der Waals surface area contributed by atoms with Crippen molar-refractivity contribution in [2.24, 2.45) is 0 Å². The topological polar surface area (TPSA) is 35.2 Å². The molecule has 1 aromatic carbocycles. The fourth-order valence-corrected chi connectivity index (χ4v) is 4.30. The number of morpholine rings is 1. The van der Waals surface area contributed by atoms with Crippen molar-refractivity contribution >= 4 is 23.8 Å². The molecule has 0 N–H and O–H groups in total. The molecule has 2 fully saturated rings. The summed E-state index contributed by atoms with van der Waals surface area (Å²) in [5, 5.41) is 5.64. The average molecular weight is 407 g/mol. The second kappa shape index (κ2) is 7.32. The van der Waals surface area contributed by atoms with E-state index < -0.39 is 0 Å². The first-order valence-corrected chi connectivity index (χ1v) is 10.5. The van der Waals surface area contributed by atoms with E-state index in [0.717, 1.165) is 34.3 Å². The lowest BCUT2D eigenvalue weighted by molar-refractivity contribution is -0.113. The van der Waals surface area contributed by atoms with Crippen LogP contribution in [0.4, 0.5) is 0 Å². The summed E-state index contributed by atoms with van der Waals surface area (Å²) in [6.07, 6.45) is 2.41. The van der Waals surface area contributed by atoms with Gasteiger partial charge in [-0.05, 0) is 51.9 Å². The predicted molar refractivity (Wildman–Crippen MR) is 110 cm³/mol. The van der Waals surface area contributed by atoms with Crippen LogP contribution in [0.2, 0.25) is 5.02 Å². The summed E-state index contributed by atoms with van der Waals surface area (Å²) in [7, 11) is 0. The fourth-order valence-electron chi connectivity index (χ4n) is 3.72. The fraction of sp³-hybridized carbons (Fsp3) is 0.600. The smallest absolute Gasteiger partial charge is 0.199 e. The molecule has 1 saturated carbocycles. The summed E-state index contributed by atoms with van der Waals surface area (Å²) in [6, 6.07) is 7.93. The average Bonchev–Trinajstić information content (AvgIpc) is 3.43. The first-order valence-electron chi connectivity index (χ1n) is 9.69. The van der Waals surface area contributed by atoms with Crippen LogP contribution in [0.15, 0.2) is 24.3 Å². The van der Waals surface area contributed by atoms with Crippen molar-refractivity contribution in [1.29, 1.82) is 0 Å². The number of nitrogens with zero attached hydrogens (tertiary/aromatic N) is 4. The van der Waals surface area contributed by atoms with E-state index in [1.807, 2.05) is 28.9 Å². The van der Waals surface area contributed by atoms with Gasteiger partial charge in [0.2, 0.25) is 0 Å². The molecular formula is C20H27ClN4OS. The Balaban J connectivity index is 1.60. The van der Waals surface area contributed by atoms with Crippen LogP contribution in [0.1, 0.15) is 57.0 Å². The minimum Gasteiger partial charge on any atom is -0.370 e. The Morgan fingerprint density at radius 2 is 2.04 bits per heavy atom. The molecule has 2 aromatic rings. The molecule has 0 radical (unpaired) electrons. The lowest BCUT2D eigenvalue weighted by Gasteiger charge is -2.45. The van der Waals surface area contributed by atoms with Gasteiger partial charge >= 0.3 is 0 Å².